The van der Waals surface area contributed by atoms with E-state index in [-0.39, 0.29) is 11.0 Å². The molecule has 0 aliphatic heterocycles. The predicted octanol–water partition coefficient (Wildman–Crippen LogP) is 4.38. The number of hydrogen-bond donors (Lipinski definition) is 3. The summed E-state index contributed by atoms with van der Waals surface area (Å²) in [4.78, 5) is 37.1. The minimum absolute atomic E-state index is 0.115. The molecule has 0 heterocycles. The van der Waals surface area contributed by atoms with Crippen molar-refractivity contribution in [3.05, 3.63) is 0 Å². The number of nitrogens with zero attached hydrogens (tertiary/aromatic N) is 1. The monoisotopic (exact) mass is 399 g/mol. The molecule has 0 aliphatic rings. The van der Waals surface area contributed by atoms with E-state index in [1.54, 1.807) is 20.8 Å². The minimum Gasteiger partial charge on any atom is -0.350 e. The minimum atomic E-state index is -0.975. The van der Waals surface area contributed by atoms with E-state index in [1.165, 1.54) is 19.3 Å². The Kier molecular flexibility index (Phi) is 11.3. The van der Waals surface area contributed by atoms with Crippen molar-refractivity contribution in [2.24, 2.45) is 5.41 Å². The number of unbranched alkanes of at least 4 members (excludes halogenated alkanes) is 5. The fourth-order valence-electron chi connectivity index (χ4n) is 2.85. The molecule has 1 atom stereocenters. The van der Waals surface area contributed by atoms with Crippen molar-refractivity contribution in [2.45, 2.75) is 111 Å². The average Bonchev–Trinajstić information content (AvgIpc) is 2.59. The summed E-state index contributed by atoms with van der Waals surface area (Å²) in [5.74, 6) is -1.01. The number of carbonyl (C=O) groups is 3. The van der Waals surface area contributed by atoms with Crippen LogP contribution in [0.2, 0.25) is 0 Å². The molecule has 0 aliphatic carbocycles. The highest BCUT2D eigenvalue weighted by molar-refractivity contribution is 5.97. The third-order valence-electron chi connectivity index (χ3n) is 4.64. The maximum Gasteiger partial charge on any atom is 0.349 e. The smallest absolute Gasteiger partial charge is 0.349 e. The Labute approximate surface area is 170 Å². The van der Waals surface area contributed by atoms with Crippen LogP contribution >= 0.6 is 0 Å². The van der Waals surface area contributed by atoms with Crippen molar-refractivity contribution in [3.8, 4) is 0 Å². The van der Waals surface area contributed by atoms with Crippen LogP contribution in [0.25, 0.3) is 0 Å². The Balaban J connectivity index is 4.68. The molecule has 0 rings (SSSR count). The predicted molar refractivity (Wildman–Crippen MR) is 111 cm³/mol. The molecular weight excluding hydrogens is 358 g/mol. The third-order valence-corrected chi connectivity index (χ3v) is 4.64. The van der Waals surface area contributed by atoms with Gasteiger partial charge in [-0.15, -0.1) is 5.06 Å². The summed E-state index contributed by atoms with van der Waals surface area (Å²) in [5.41, 5.74) is -1.30. The van der Waals surface area contributed by atoms with Crippen molar-refractivity contribution in [1.29, 1.82) is 0 Å². The van der Waals surface area contributed by atoms with Crippen LogP contribution in [0, 0.1) is 5.41 Å². The van der Waals surface area contributed by atoms with E-state index in [0.717, 1.165) is 19.3 Å². The zero-order valence-electron chi connectivity index (χ0n) is 18.9. The fourth-order valence-corrected chi connectivity index (χ4v) is 2.85. The van der Waals surface area contributed by atoms with Gasteiger partial charge in [0.25, 0.3) is 5.91 Å². The van der Waals surface area contributed by atoms with Gasteiger partial charge < -0.3 is 10.6 Å². The number of rotatable bonds is 11. The van der Waals surface area contributed by atoms with Crippen LogP contribution in [0.1, 0.15) is 99.8 Å². The second-order valence-electron chi connectivity index (χ2n) is 9.17. The van der Waals surface area contributed by atoms with Crippen LogP contribution in [0.4, 0.5) is 4.79 Å². The zero-order chi connectivity index (χ0) is 22.0. The molecule has 3 N–H and O–H groups in total. The molecule has 0 saturated carbocycles. The molecule has 0 aromatic carbocycles. The van der Waals surface area contributed by atoms with Crippen LogP contribution in [-0.2, 0) is 9.59 Å². The Morgan fingerprint density at radius 2 is 1.46 bits per heavy atom. The van der Waals surface area contributed by atoms with E-state index in [9.17, 15) is 19.6 Å². The lowest BCUT2D eigenvalue weighted by molar-refractivity contribution is -0.163. The van der Waals surface area contributed by atoms with Gasteiger partial charge in [0, 0.05) is 11.0 Å². The van der Waals surface area contributed by atoms with Gasteiger partial charge in [-0.05, 0) is 33.6 Å². The van der Waals surface area contributed by atoms with E-state index < -0.39 is 28.9 Å². The highest BCUT2D eigenvalue weighted by Crippen LogP contribution is 2.26. The summed E-state index contributed by atoms with van der Waals surface area (Å²) in [7, 11) is 0. The fraction of sp³-hybridized carbons (Fsp3) is 0.857. The topological polar surface area (TPSA) is 98.7 Å². The molecule has 7 nitrogen and oxygen atoms in total. The summed E-state index contributed by atoms with van der Waals surface area (Å²) in [6.07, 6.45) is 7.54. The lowest BCUT2D eigenvalue weighted by Crippen LogP contribution is -2.55. The van der Waals surface area contributed by atoms with Crippen LogP contribution in [0.15, 0.2) is 0 Å². The van der Waals surface area contributed by atoms with Crippen LogP contribution < -0.4 is 10.6 Å². The summed E-state index contributed by atoms with van der Waals surface area (Å²) < 4.78 is 0. The zero-order valence-corrected chi connectivity index (χ0v) is 18.9. The van der Waals surface area contributed by atoms with Gasteiger partial charge in [0.1, 0.15) is 6.04 Å². The average molecular weight is 400 g/mol. The number of nitrogens with one attached hydrogen (secondary N) is 2. The van der Waals surface area contributed by atoms with Crippen molar-refractivity contribution in [2.75, 3.05) is 0 Å². The van der Waals surface area contributed by atoms with Gasteiger partial charge in [0.2, 0.25) is 5.91 Å². The lowest BCUT2D eigenvalue weighted by Gasteiger charge is -2.29. The molecule has 164 valence electrons. The summed E-state index contributed by atoms with van der Waals surface area (Å²) in [5, 5.41) is 15.4. The summed E-state index contributed by atoms with van der Waals surface area (Å²) >= 11 is 0. The molecule has 0 spiro atoms. The molecule has 28 heavy (non-hydrogen) atoms. The van der Waals surface area contributed by atoms with E-state index >= 15 is 0 Å². The first-order valence-electron chi connectivity index (χ1n) is 10.5. The van der Waals surface area contributed by atoms with Crippen molar-refractivity contribution >= 4 is 17.8 Å². The van der Waals surface area contributed by atoms with Crippen molar-refractivity contribution in [3.63, 3.8) is 0 Å². The number of hydrogen-bond acceptors (Lipinski definition) is 4. The first kappa shape index (κ1) is 26.4. The van der Waals surface area contributed by atoms with Gasteiger partial charge in [0.05, 0.1) is 0 Å². The standard InChI is InChI=1S/C21H41N3O4/c1-8-10-11-12-13-14-15-21(6,7)18(26)24(28)19(27)22-16(9-2)17(25)23-20(3,4)5/h16,28H,8-15H2,1-7H3,(H,22,27)(H,23,25). The second-order valence-corrected chi connectivity index (χ2v) is 9.17. The normalized spacial score (nSPS) is 13.0. The Hall–Kier alpha value is -1.63. The van der Waals surface area contributed by atoms with Gasteiger partial charge >= 0.3 is 6.03 Å². The molecule has 7 heteroatoms. The largest absolute Gasteiger partial charge is 0.350 e. The maximum atomic E-state index is 12.6. The highest BCUT2D eigenvalue weighted by Gasteiger charge is 2.35. The highest BCUT2D eigenvalue weighted by atomic mass is 16.5. The number of imide groups is 1. The molecular formula is C21H41N3O4. The molecule has 0 bridgehead atoms. The lowest BCUT2D eigenvalue weighted by atomic mass is 9.85. The molecule has 0 aromatic heterocycles. The first-order valence-corrected chi connectivity index (χ1v) is 10.5. The number of amides is 4. The molecule has 0 fully saturated rings. The van der Waals surface area contributed by atoms with Gasteiger partial charge in [-0.2, -0.15) is 0 Å². The van der Waals surface area contributed by atoms with E-state index in [1.807, 2.05) is 20.8 Å². The quantitative estimate of drug-likeness (QED) is 0.273. The molecule has 0 saturated heterocycles. The number of urea groups is 1. The van der Waals surface area contributed by atoms with Crippen molar-refractivity contribution < 1.29 is 19.6 Å². The Morgan fingerprint density at radius 3 is 1.96 bits per heavy atom. The maximum absolute atomic E-state index is 12.6. The van der Waals surface area contributed by atoms with Gasteiger partial charge in [-0.3, -0.25) is 14.8 Å². The Bertz CT molecular complexity index is 512. The number of carbonyl (C=O) groups excluding carboxylic acids is 3. The Morgan fingerprint density at radius 1 is 0.929 bits per heavy atom. The van der Waals surface area contributed by atoms with Crippen LogP contribution in [0.5, 0.6) is 0 Å². The molecule has 0 aromatic rings. The van der Waals surface area contributed by atoms with Gasteiger partial charge in [-0.1, -0.05) is 66.2 Å². The summed E-state index contributed by atoms with van der Waals surface area (Å²) in [6.45, 7) is 12.9. The number of hydroxylamine groups is 2. The van der Waals surface area contributed by atoms with Gasteiger partial charge in [0.15, 0.2) is 0 Å². The van der Waals surface area contributed by atoms with Gasteiger partial charge in [-0.25, -0.2) is 4.79 Å². The van der Waals surface area contributed by atoms with Crippen molar-refractivity contribution in [1.82, 2.24) is 15.7 Å². The SMILES string of the molecule is CCCCCCCCC(C)(C)C(=O)N(O)C(=O)NC(CC)C(=O)NC(C)(C)C. The summed E-state index contributed by atoms with van der Waals surface area (Å²) in [6, 6.07) is -1.80. The molecule has 0 radical (unpaired) electrons. The molecule has 1 unspecified atom stereocenters. The van der Waals surface area contributed by atoms with Crippen LogP contribution in [0.3, 0.4) is 0 Å². The van der Waals surface area contributed by atoms with Crippen LogP contribution in [-0.4, -0.2) is 39.7 Å². The van der Waals surface area contributed by atoms with E-state index in [0.29, 0.717) is 12.8 Å². The molecule has 4 amide bonds. The van der Waals surface area contributed by atoms with E-state index in [2.05, 4.69) is 17.6 Å². The second kappa shape index (κ2) is 12.0. The first-order chi connectivity index (χ1) is 12.9. The third kappa shape index (κ3) is 10.1. The van der Waals surface area contributed by atoms with E-state index in [4.69, 9.17) is 0 Å².